The predicted molar refractivity (Wildman–Crippen MR) is 65.1 cm³/mol. The third-order valence-corrected chi connectivity index (χ3v) is 2.77. The predicted octanol–water partition coefficient (Wildman–Crippen LogP) is 2.44. The molecule has 17 heavy (non-hydrogen) atoms. The molecule has 0 aliphatic heterocycles. The molecule has 2 aromatic rings. The summed E-state index contributed by atoms with van der Waals surface area (Å²) in [5.41, 5.74) is 2.21. The van der Waals surface area contributed by atoms with E-state index < -0.39 is 0 Å². The molecular weight excluding hydrogens is 217 g/mol. The van der Waals surface area contributed by atoms with Gasteiger partial charge in [-0.25, -0.2) is 4.39 Å². The molecule has 1 aromatic carbocycles. The zero-order valence-corrected chi connectivity index (χ0v) is 9.78. The van der Waals surface area contributed by atoms with Gasteiger partial charge in [-0.15, -0.1) is 0 Å². The molecule has 1 atom stereocenters. The van der Waals surface area contributed by atoms with Crippen LogP contribution in [0.2, 0.25) is 0 Å². The van der Waals surface area contributed by atoms with Crippen molar-refractivity contribution in [1.29, 1.82) is 0 Å². The highest BCUT2D eigenvalue weighted by Gasteiger charge is 2.04. The van der Waals surface area contributed by atoms with Gasteiger partial charge in [0.1, 0.15) is 5.82 Å². The first-order valence-corrected chi connectivity index (χ1v) is 5.73. The first-order chi connectivity index (χ1) is 8.25. The zero-order chi connectivity index (χ0) is 12.1. The number of nitrogens with zero attached hydrogens (tertiary/aromatic N) is 1. The Balaban J connectivity index is 1.78. The van der Waals surface area contributed by atoms with E-state index in [0.29, 0.717) is 0 Å². The van der Waals surface area contributed by atoms with Crippen molar-refractivity contribution < 1.29 is 4.39 Å². The quantitative estimate of drug-likeness (QED) is 0.832. The summed E-state index contributed by atoms with van der Waals surface area (Å²) in [5.74, 6) is -0.187. The first kappa shape index (κ1) is 11.8. The van der Waals surface area contributed by atoms with Crippen molar-refractivity contribution in [1.82, 2.24) is 15.5 Å². The fourth-order valence-electron chi connectivity index (χ4n) is 1.70. The van der Waals surface area contributed by atoms with Gasteiger partial charge in [0, 0.05) is 12.2 Å². The topological polar surface area (TPSA) is 40.7 Å². The monoisotopic (exact) mass is 233 g/mol. The minimum absolute atomic E-state index is 0.187. The summed E-state index contributed by atoms with van der Waals surface area (Å²) in [6, 6.07) is 8.82. The lowest BCUT2D eigenvalue weighted by molar-refractivity contribution is 0.562. The van der Waals surface area contributed by atoms with Gasteiger partial charge in [0.25, 0.3) is 0 Å². The molecule has 0 aliphatic rings. The summed E-state index contributed by atoms with van der Waals surface area (Å²) in [6.45, 7) is 2.93. The van der Waals surface area contributed by atoms with E-state index in [9.17, 15) is 4.39 Å². The van der Waals surface area contributed by atoms with E-state index in [-0.39, 0.29) is 11.9 Å². The number of benzene rings is 1. The van der Waals surface area contributed by atoms with Crippen LogP contribution in [0.1, 0.15) is 24.2 Å². The molecule has 1 unspecified atom stereocenters. The van der Waals surface area contributed by atoms with Crippen LogP contribution in [-0.4, -0.2) is 16.7 Å². The Morgan fingerprint density at radius 2 is 2.06 bits per heavy atom. The van der Waals surface area contributed by atoms with Gasteiger partial charge < -0.3 is 5.32 Å². The third-order valence-electron chi connectivity index (χ3n) is 2.77. The van der Waals surface area contributed by atoms with Crippen molar-refractivity contribution >= 4 is 0 Å². The lowest BCUT2D eigenvalue weighted by Gasteiger charge is -2.11. The summed E-state index contributed by atoms with van der Waals surface area (Å²) >= 11 is 0. The van der Waals surface area contributed by atoms with Crippen LogP contribution in [0.3, 0.4) is 0 Å². The van der Waals surface area contributed by atoms with Gasteiger partial charge in [0.15, 0.2) is 0 Å². The third kappa shape index (κ3) is 3.39. The Kier molecular flexibility index (Phi) is 3.88. The summed E-state index contributed by atoms with van der Waals surface area (Å²) in [6.07, 6.45) is 2.63. The van der Waals surface area contributed by atoms with Crippen molar-refractivity contribution in [2.45, 2.75) is 19.4 Å². The maximum Gasteiger partial charge on any atom is 0.123 e. The Morgan fingerprint density at radius 3 is 2.71 bits per heavy atom. The summed E-state index contributed by atoms with van der Waals surface area (Å²) < 4.78 is 12.7. The summed E-state index contributed by atoms with van der Waals surface area (Å²) in [4.78, 5) is 0. The Hall–Kier alpha value is -1.68. The van der Waals surface area contributed by atoms with E-state index in [0.717, 1.165) is 24.2 Å². The van der Waals surface area contributed by atoms with Crippen molar-refractivity contribution in [2.75, 3.05) is 6.54 Å². The van der Waals surface area contributed by atoms with Gasteiger partial charge in [0.2, 0.25) is 0 Å². The molecule has 4 heteroatoms. The molecule has 0 fully saturated rings. The highest BCUT2D eigenvalue weighted by molar-refractivity contribution is 5.16. The van der Waals surface area contributed by atoms with Gasteiger partial charge in [-0.05, 0) is 43.7 Å². The van der Waals surface area contributed by atoms with Crippen molar-refractivity contribution in [2.24, 2.45) is 0 Å². The maximum absolute atomic E-state index is 12.7. The van der Waals surface area contributed by atoms with E-state index in [1.807, 2.05) is 18.2 Å². The standard InChI is InChI=1S/C13H16FN3/c1-10(13-7-9-16-17-13)15-8-6-11-2-4-12(14)5-3-11/h2-5,7,9-10,15H,6,8H2,1H3,(H,16,17). The molecule has 0 radical (unpaired) electrons. The van der Waals surface area contributed by atoms with Crippen molar-refractivity contribution in [3.8, 4) is 0 Å². The number of hydrogen-bond acceptors (Lipinski definition) is 2. The minimum atomic E-state index is -0.187. The largest absolute Gasteiger partial charge is 0.309 e. The molecule has 90 valence electrons. The average Bonchev–Trinajstić information content (AvgIpc) is 2.85. The summed E-state index contributed by atoms with van der Waals surface area (Å²) in [5, 5.41) is 10.2. The molecule has 3 nitrogen and oxygen atoms in total. The van der Waals surface area contributed by atoms with Gasteiger partial charge in [0.05, 0.1) is 5.69 Å². The fourth-order valence-corrected chi connectivity index (χ4v) is 1.70. The zero-order valence-electron chi connectivity index (χ0n) is 9.78. The lowest BCUT2D eigenvalue weighted by atomic mass is 10.1. The number of halogens is 1. The van der Waals surface area contributed by atoms with Gasteiger partial charge in [-0.1, -0.05) is 12.1 Å². The van der Waals surface area contributed by atoms with Crippen LogP contribution in [0.25, 0.3) is 0 Å². The molecular formula is C13H16FN3. The SMILES string of the molecule is CC(NCCc1ccc(F)cc1)c1ccn[nH]1. The molecule has 0 spiro atoms. The first-order valence-electron chi connectivity index (χ1n) is 5.73. The van der Waals surface area contributed by atoms with E-state index in [2.05, 4.69) is 22.4 Å². The normalized spacial score (nSPS) is 12.6. The molecule has 2 N–H and O–H groups in total. The van der Waals surface area contributed by atoms with Gasteiger partial charge in [-0.3, -0.25) is 5.10 Å². The second kappa shape index (κ2) is 5.59. The Morgan fingerprint density at radius 1 is 1.29 bits per heavy atom. The molecule has 1 aromatic heterocycles. The lowest BCUT2D eigenvalue weighted by Crippen LogP contribution is -2.21. The van der Waals surface area contributed by atoms with E-state index in [1.54, 1.807) is 6.20 Å². The number of H-pyrrole nitrogens is 1. The number of rotatable bonds is 5. The molecule has 0 saturated carbocycles. The van der Waals surface area contributed by atoms with Crippen LogP contribution in [0, 0.1) is 5.82 Å². The van der Waals surface area contributed by atoms with E-state index in [4.69, 9.17) is 0 Å². The van der Waals surface area contributed by atoms with Crippen LogP contribution in [0.4, 0.5) is 4.39 Å². The minimum Gasteiger partial charge on any atom is -0.309 e. The summed E-state index contributed by atoms with van der Waals surface area (Å²) in [7, 11) is 0. The highest BCUT2D eigenvalue weighted by Crippen LogP contribution is 2.08. The number of aromatic nitrogens is 2. The highest BCUT2D eigenvalue weighted by atomic mass is 19.1. The van der Waals surface area contributed by atoms with Crippen LogP contribution in [-0.2, 0) is 6.42 Å². The van der Waals surface area contributed by atoms with E-state index in [1.165, 1.54) is 12.1 Å². The van der Waals surface area contributed by atoms with Crippen LogP contribution < -0.4 is 5.32 Å². The molecule has 0 bridgehead atoms. The second-order valence-electron chi connectivity index (χ2n) is 4.06. The van der Waals surface area contributed by atoms with E-state index >= 15 is 0 Å². The smallest absolute Gasteiger partial charge is 0.123 e. The molecule has 1 heterocycles. The van der Waals surface area contributed by atoms with Crippen molar-refractivity contribution in [3.63, 3.8) is 0 Å². The molecule has 0 saturated heterocycles. The van der Waals surface area contributed by atoms with Crippen LogP contribution >= 0.6 is 0 Å². The molecule has 0 amide bonds. The Bertz CT molecular complexity index is 436. The second-order valence-corrected chi connectivity index (χ2v) is 4.06. The fraction of sp³-hybridized carbons (Fsp3) is 0.308. The van der Waals surface area contributed by atoms with Gasteiger partial charge >= 0.3 is 0 Å². The van der Waals surface area contributed by atoms with Gasteiger partial charge in [-0.2, -0.15) is 5.10 Å². The number of aromatic amines is 1. The average molecular weight is 233 g/mol. The maximum atomic E-state index is 12.7. The van der Waals surface area contributed by atoms with Crippen molar-refractivity contribution in [3.05, 3.63) is 53.6 Å². The number of hydrogen-bond donors (Lipinski definition) is 2. The Labute approximate surface area is 100 Å². The number of nitrogens with one attached hydrogen (secondary N) is 2. The molecule has 2 rings (SSSR count). The molecule has 0 aliphatic carbocycles. The van der Waals surface area contributed by atoms with Crippen LogP contribution in [0.15, 0.2) is 36.5 Å². The van der Waals surface area contributed by atoms with Crippen LogP contribution in [0.5, 0.6) is 0 Å².